The lowest BCUT2D eigenvalue weighted by atomic mass is 10.2. The third kappa shape index (κ3) is 3.63. The van der Waals surface area contributed by atoms with Crippen molar-refractivity contribution >= 4 is 45.5 Å². The Morgan fingerprint density at radius 2 is 1.78 bits per heavy atom. The summed E-state index contributed by atoms with van der Waals surface area (Å²) in [6.45, 7) is 4.07. The summed E-state index contributed by atoms with van der Waals surface area (Å²) in [6, 6.07) is 13.2. The van der Waals surface area contributed by atoms with Crippen molar-refractivity contribution in [3.63, 3.8) is 0 Å². The normalized spacial score (nSPS) is 11.5. The number of ether oxygens (including phenoxy) is 1. The Bertz CT molecular complexity index is 1110. The lowest BCUT2D eigenvalue weighted by Crippen LogP contribution is -2.05. The van der Waals surface area contributed by atoms with Crippen molar-refractivity contribution in [2.75, 3.05) is 13.2 Å². The average molecular weight is 401 g/mol. The van der Waals surface area contributed by atoms with E-state index >= 15 is 0 Å². The molecule has 4 rings (SSSR count). The number of imidazole rings is 1. The van der Waals surface area contributed by atoms with Crippen molar-refractivity contribution in [2.24, 2.45) is 0 Å². The van der Waals surface area contributed by atoms with E-state index < -0.39 is 0 Å². The molecule has 0 saturated carbocycles. The summed E-state index contributed by atoms with van der Waals surface area (Å²) in [5.41, 5.74) is 3.81. The Kier molecular flexibility index (Phi) is 5.25. The molecule has 2 aromatic carbocycles. The molecule has 0 fully saturated rings. The fraction of sp³-hybridized carbons (Fsp3) is 0.250. The maximum absolute atomic E-state index is 6.45. The molecule has 0 atom stereocenters. The summed E-state index contributed by atoms with van der Waals surface area (Å²) in [5, 5.41) is 1.14. The first-order valence-electron chi connectivity index (χ1n) is 8.83. The molecule has 0 unspecified atom stereocenters. The van der Waals surface area contributed by atoms with Crippen molar-refractivity contribution in [1.82, 2.24) is 19.5 Å². The molecule has 0 radical (unpaired) electrons. The van der Waals surface area contributed by atoms with E-state index in [2.05, 4.69) is 9.55 Å². The van der Waals surface area contributed by atoms with E-state index in [1.807, 2.05) is 43.3 Å². The highest BCUT2D eigenvalue weighted by Crippen LogP contribution is 2.32. The number of nitrogens with zero attached hydrogens (tertiary/aromatic N) is 4. The second-order valence-electron chi connectivity index (χ2n) is 6.12. The van der Waals surface area contributed by atoms with Crippen LogP contribution in [0.1, 0.15) is 13.3 Å². The van der Waals surface area contributed by atoms with Gasteiger partial charge in [-0.1, -0.05) is 35.3 Å². The highest BCUT2D eigenvalue weighted by atomic mass is 35.5. The minimum absolute atomic E-state index is 0.549. The quantitative estimate of drug-likeness (QED) is 0.407. The Labute approximate surface area is 166 Å². The SMILES string of the molecule is CCOCCCn1c(-c2ccc(Cl)cc2Cl)nc2nc3ccccc3nc21. The van der Waals surface area contributed by atoms with Gasteiger partial charge < -0.3 is 9.30 Å². The number of halogens is 2. The van der Waals surface area contributed by atoms with Crippen LogP contribution in [0.4, 0.5) is 0 Å². The highest BCUT2D eigenvalue weighted by Gasteiger charge is 2.18. The van der Waals surface area contributed by atoms with Crippen molar-refractivity contribution in [3.8, 4) is 11.4 Å². The number of rotatable bonds is 6. The van der Waals surface area contributed by atoms with E-state index in [1.165, 1.54) is 0 Å². The molecule has 0 aliphatic heterocycles. The summed E-state index contributed by atoms with van der Waals surface area (Å²) in [5.74, 6) is 0.735. The standard InChI is InChI=1S/C20H18Cl2N4O/c1-2-27-11-5-10-26-19(14-9-8-13(21)12-15(14)22)25-18-20(26)24-17-7-4-3-6-16(17)23-18/h3-4,6-9,12H,2,5,10-11H2,1H3. The minimum Gasteiger partial charge on any atom is -0.382 e. The molecule has 27 heavy (non-hydrogen) atoms. The van der Waals surface area contributed by atoms with Gasteiger partial charge in [-0.3, -0.25) is 0 Å². The van der Waals surface area contributed by atoms with E-state index in [1.54, 1.807) is 6.07 Å². The first kappa shape index (κ1) is 18.2. The maximum atomic E-state index is 6.45. The Morgan fingerprint density at radius 1 is 1.00 bits per heavy atom. The van der Waals surface area contributed by atoms with Crippen LogP contribution in [0.5, 0.6) is 0 Å². The molecule has 0 N–H and O–H groups in total. The molecule has 0 spiro atoms. The molecule has 0 amide bonds. The largest absolute Gasteiger partial charge is 0.382 e. The topological polar surface area (TPSA) is 52.8 Å². The van der Waals surface area contributed by atoms with Gasteiger partial charge in [0.2, 0.25) is 0 Å². The summed E-state index contributed by atoms with van der Waals surface area (Å²) in [7, 11) is 0. The molecule has 5 nitrogen and oxygen atoms in total. The molecule has 4 aromatic rings. The first-order valence-corrected chi connectivity index (χ1v) is 9.59. The fourth-order valence-corrected chi connectivity index (χ4v) is 3.55. The molecule has 0 bridgehead atoms. The number of fused-ring (bicyclic) bond motifs is 2. The summed E-state index contributed by atoms with van der Waals surface area (Å²) >= 11 is 12.5. The van der Waals surface area contributed by atoms with Crippen LogP contribution in [0, 0.1) is 0 Å². The Balaban J connectivity index is 1.88. The van der Waals surface area contributed by atoms with Gasteiger partial charge in [0.1, 0.15) is 5.82 Å². The number of hydrogen-bond donors (Lipinski definition) is 0. The monoisotopic (exact) mass is 400 g/mol. The third-order valence-corrected chi connectivity index (χ3v) is 4.85. The van der Waals surface area contributed by atoms with Crippen LogP contribution in [0.25, 0.3) is 33.7 Å². The molecule has 2 heterocycles. The molecule has 2 aromatic heterocycles. The van der Waals surface area contributed by atoms with E-state index in [0.29, 0.717) is 35.5 Å². The van der Waals surface area contributed by atoms with Crippen LogP contribution in [0.15, 0.2) is 42.5 Å². The molecular formula is C20H18Cl2N4O. The lowest BCUT2D eigenvalue weighted by molar-refractivity contribution is 0.142. The Hall–Kier alpha value is -2.21. The van der Waals surface area contributed by atoms with E-state index in [9.17, 15) is 0 Å². The van der Waals surface area contributed by atoms with Gasteiger partial charge in [-0.25, -0.2) is 15.0 Å². The van der Waals surface area contributed by atoms with Gasteiger partial charge in [0, 0.05) is 30.3 Å². The average Bonchev–Trinajstić information content (AvgIpc) is 3.00. The van der Waals surface area contributed by atoms with Gasteiger partial charge in [0.25, 0.3) is 0 Å². The predicted octanol–water partition coefficient (Wildman–Crippen LogP) is 5.38. The zero-order valence-corrected chi connectivity index (χ0v) is 16.3. The van der Waals surface area contributed by atoms with Crippen LogP contribution in [-0.2, 0) is 11.3 Å². The second-order valence-corrected chi connectivity index (χ2v) is 6.96. The zero-order valence-electron chi connectivity index (χ0n) is 14.8. The van der Waals surface area contributed by atoms with Crippen molar-refractivity contribution < 1.29 is 4.74 Å². The zero-order chi connectivity index (χ0) is 18.8. The van der Waals surface area contributed by atoms with E-state index in [0.717, 1.165) is 34.5 Å². The van der Waals surface area contributed by atoms with Gasteiger partial charge in [-0.15, -0.1) is 0 Å². The molecular weight excluding hydrogens is 383 g/mol. The number of aromatic nitrogens is 4. The van der Waals surface area contributed by atoms with Gasteiger partial charge >= 0.3 is 0 Å². The summed E-state index contributed by atoms with van der Waals surface area (Å²) in [4.78, 5) is 14.2. The fourth-order valence-electron chi connectivity index (χ4n) is 3.06. The smallest absolute Gasteiger partial charge is 0.198 e. The maximum Gasteiger partial charge on any atom is 0.198 e. The van der Waals surface area contributed by atoms with Crippen LogP contribution < -0.4 is 0 Å². The number of aryl methyl sites for hydroxylation is 1. The van der Waals surface area contributed by atoms with Crippen LogP contribution in [-0.4, -0.2) is 32.7 Å². The summed E-state index contributed by atoms with van der Waals surface area (Å²) in [6.07, 6.45) is 0.839. The van der Waals surface area contributed by atoms with Gasteiger partial charge in [0.15, 0.2) is 11.3 Å². The number of benzene rings is 2. The first-order chi connectivity index (χ1) is 13.2. The van der Waals surface area contributed by atoms with Gasteiger partial charge in [-0.2, -0.15) is 0 Å². The number of hydrogen-bond acceptors (Lipinski definition) is 4. The minimum atomic E-state index is 0.549. The van der Waals surface area contributed by atoms with Crippen LogP contribution in [0.3, 0.4) is 0 Å². The van der Waals surface area contributed by atoms with Gasteiger partial charge in [0.05, 0.1) is 16.1 Å². The molecule has 0 aliphatic rings. The third-order valence-electron chi connectivity index (χ3n) is 4.30. The van der Waals surface area contributed by atoms with Crippen molar-refractivity contribution in [3.05, 3.63) is 52.5 Å². The summed E-state index contributed by atoms with van der Waals surface area (Å²) < 4.78 is 7.54. The van der Waals surface area contributed by atoms with Crippen molar-refractivity contribution in [2.45, 2.75) is 19.9 Å². The molecule has 7 heteroatoms. The highest BCUT2D eigenvalue weighted by molar-refractivity contribution is 6.36. The molecule has 0 aliphatic carbocycles. The molecule has 138 valence electrons. The number of para-hydroxylation sites is 2. The van der Waals surface area contributed by atoms with E-state index in [4.69, 9.17) is 37.9 Å². The Morgan fingerprint density at radius 3 is 2.52 bits per heavy atom. The van der Waals surface area contributed by atoms with Gasteiger partial charge in [-0.05, 0) is 43.7 Å². The molecule has 0 saturated heterocycles. The predicted molar refractivity (Wildman–Crippen MR) is 109 cm³/mol. The van der Waals surface area contributed by atoms with Crippen molar-refractivity contribution in [1.29, 1.82) is 0 Å². The second kappa shape index (κ2) is 7.80. The lowest BCUT2D eigenvalue weighted by Gasteiger charge is -2.10. The van der Waals surface area contributed by atoms with Crippen LogP contribution >= 0.6 is 23.2 Å². The van der Waals surface area contributed by atoms with Crippen LogP contribution in [0.2, 0.25) is 10.0 Å². The van der Waals surface area contributed by atoms with E-state index in [-0.39, 0.29) is 0 Å².